The average Bonchev–Trinajstić information content (AvgIpc) is 3.19. The highest BCUT2D eigenvalue weighted by atomic mass is 19.1. The second kappa shape index (κ2) is 8.82. The van der Waals surface area contributed by atoms with Crippen LogP contribution in [0.1, 0.15) is 56.8 Å². The molecule has 0 unspecified atom stereocenters. The number of rotatable bonds is 5. The molecule has 0 radical (unpaired) electrons. The maximum Gasteiger partial charge on any atom is 0.234 e. The predicted octanol–water partition coefficient (Wildman–Crippen LogP) is 3.50. The molecule has 0 bridgehead atoms. The zero-order valence-electron chi connectivity index (χ0n) is 16.1. The zero-order valence-corrected chi connectivity index (χ0v) is 16.1. The van der Waals surface area contributed by atoms with Gasteiger partial charge in [0.05, 0.1) is 6.54 Å². The number of amides is 1. The smallest absolute Gasteiger partial charge is 0.234 e. The second-order valence-corrected chi connectivity index (χ2v) is 7.92. The molecule has 2 aliphatic rings. The molecule has 1 N–H and O–H groups in total. The third-order valence-electron chi connectivity index (χ3n) is 5.80. The van der Waals surface area contributed by atoms with E-state index in [2.05, 4.69) is 20.4 Å². The minimum atomic E-state index is -0.316. The lowest BCUT2D eigenvalue weighted by molar-refractivity contribution is -0.123. The Morgan fingerprint density at radius 2 is 1.96 bits per heavy atom. The van der Waals surface area contributed by atoms with E-state index in [1.807, 2.05) is 0 Å². The van der Waals surface area contributed by atoms with E-state index in [0.717, 1.165) is 38.8 Å². The van der Waals surface area contributed by atoms with Crippen molar-refractivity contribution >= 4 is 5.91 Å². The number of nitrogens with one attached hydrogen (secondary N) is 1. The Labute approximate surface area is 164 Å². The van der Waals surface area contributed by atoms with Crippen LogP contribution in [0.15, 0.2) is 28.8 Å². The number of likely N-dealkylation sites (tertiary alicyclic amines) is 1. The predicted molar refractivity (Wildman–Crippen MR) is 103 cm³/mol. The van der Waals surface area contributed by atoms with Crippen molar-refractivity contribution in [2.75, 3.05) is 19.6 Å². The Hall–Kier alpha value is -2.28. The maximum atomic E-state index is 13.4. The standard InChI is InChI=1S/C21H27FN4O2/c22-17-6-4-5-16(13-17)20-24-21(28-25-20)15-9-11-26(12-10-15)14-19(27)23-18-7-2-1-3-8-18/h4-6,13,15,18H,1-3,7-12,14H2,(H,23,27). The summed E-state index contributed by atoms with van der Waals surface area (Å²) in [5.74, 6) is 1.03. The molecule has 1 aromatic heterocycles. The van der Waals surface area contributed by atoms with Gasteiger partial charge in [-0.3, -0.25) is 9.69 Å². The molecule has 1 saturated heterocycles. The Morgan fingerprint density at radius 1 is 1.18 bits per heavy atom. The Bertz CT molecular complexity index is 795. The van der Waals surface area contributed by atoms with Crippen LogP contribution in [-0.4, -0.2) is 46.6 Å². The summed E-state index contributed by atoms with van der Waals surface area (Å²) in [5, 5.41) is 7.19. The molecule has 28 heavy (non-hydrogen) atoms. The Morgan fingerprint density at radius 3 is 2.71 bits per heavy atom. The second-order valence-electron chi connectivity index (χ2n) is 7.92. The highest BCUT2D eigenvalue weighted by molar-refractivity contribution is 5.78. The van der Waals surface area contributed by atoms with Crippen molar-refractivity contribution in [1.29, 1.82) is 0 Å². The molecule has 1 aliphatic heterocycles. The number of carbonyl (C=O) groups is 1. The first-order chi connectivity index (χ1) is 13.7. The van der Waals surface area contributed by atoms with Gasteiger partial charge in [0.25, 0.3) is 0 Å². The van der Waals surface area contributed by atoms with Gasteiger partial charge in [-0.1, -0.05) is 36.6 Å². The lowest BCUT2D eigenvalue weighted by Gasteiger charge is -2.30. The molecule has 2 fully saturated rings. The van der Waals surface area contributed by atoms with Crippen LogP contribution in [0, 0.1) is 5.82 Å². The largest absolute Gasteiger partial charge is 0.352 e. The van der Waals surface area contributed by atoms with Gasteiger partial charge in [-0.25, -0.2) is 4.39 Å². The number of nitrogens with zero attached hydrogens (tertiary/aromatic N) is 3. The number of halogens is 1. The fraction of sp³-hybridized carbons (Fsp3) is 0.571. The van der Waals surface area contributed by atoms with Crippen molar-refractivity contribution in [2.24, 2.45) is 0 Å². The van der Waals surface area contributed by atoms with E-state index < -0.39 is 0 Å². The summed E-state index contributed by atoms with van der Waals surface area (Å²) in [6.07, 6.45) is 7.70. The van der Waals surface area contributed by atoms with E-state index in [1.54, 1.807) is 12.1 Å². The van der Waals surface area contributed by atoms with Crippen molar-refractivity contribution < 1.29 is 13.7 Å². The van der Waals surface area contributed by atoms with Crippen molar-refractivity contribution in [3.63, 3.8) is 0 Å². The SMILES string of the molecule is O=C(CN1CCC(c2nc(-c3cccc(F)c3)no2)CC1)NC1CCCCC1. The lowest BCUT2D eigenvalue weighted by Crippen LogP contribution is -2.44. The summed E-state index contributed by atoms with van der Waals surface area (Å²) < 4.78 is 18.8. The number of benzene rings is 1. The third kappa shape index (κ3) is 4.76. The van der Waals surface area contributed by atoms with Crippen LogP contribution in [0.4, 0.5) is 4.39 Å². The summed E-state index contributed by atoms with van der Waals surface area (Å²) in [4.78, 5) is 19.0. The summed E-state index contributed by atoms with van der Waals surface area (Å²) >= 11 is 0. The number of hydrogen-bond donors (Lipinski definition) is 1. The maximum absolute atomic E-state index is 13.4. The van der Waals surface area contributed by atoms with Gasteiger partial charge in [-0.2, -0.15) is 4.98 Å². The molecule has 0 atom stereocenters. The van der Waals surface area contributed by atoms with Gasteiger partial charge < -0.3 is 9.84 Å². The van der Waals surface area contributed by atoms with E-state index in [9.17, 15) is 9.18 Å². The van der Waals surface area contributed by atoms with Crippen molar-refractivity contribution in [2.45, 2.75) is 56.9 Å². The van der Waals surface area contributed by atoms with Crippen molar-refractivity contribution in [1.82, 2.24) is 20.4 Å². The Kier molecular flexibility index (Phi) is 6.00. The van der Waals surface area contributed by atoms with E-state index in [4.69, 9.17) is 4.52 Å². The number of aromatic nitrogens is 2. The summed E-state index contributed by atoms with van der Waals surface area (Å²) in [5.41, 5.74) is 0.617. The molecule has 1 amide bonds. The number of carbonyl (C=O) groups excluding carboxylic acids is 1. The van der Waals surface area contributed by atoms with Crippen LogP contribution in [0.5, 0.6) is 0 Å². The molecular weight excluding hydrogens is 359 g/mol. The molecule has 0 spiro atoms. The van der Waals surface area contributed by atoms with Gasteiger partial charge in [-0.05, 0) is 50.9 Å². The van der Waals surface area contributed by atoms with Crippen LogP contribution >= 0.6 is 0 Å². The normalized spacial score (nSPS) is 19.6. The van der Waals surface area contributed by atoms with Gasteiger partial charge in [-0.15, -0.1) is 0 Å². The fourth-order valence-electron chi connectivity index (χ4n) is 4.21. The summed E-state index contributed by atoms with van der Waals surface area (Å²) in [7, 11) is 0. The minimum absolute atomic E-state index is 0.136. The van der Waals surface area contributed by atoms with Crippen LogP contribution in [-0.2, 0) is 4.79 Å². The van der Waals surface area contributed by atoms with E-state index >= 15 is 0 Å². The van der Waals surface area contributed by atoms with Gasteiger partial charge >= 0.3 is 0 Å². The van der Waals surface area contributed by atoms with Crippen LogP contribution in [0.2, 0.25) is 0 Å². The molecule has 150 valence electrons. The number of hydrogen-bond acceptors (Lipinski definition) is 5. The topological polar surface area (TPSA) is 71.3 Å². The number of piperidine rings is 1. The summed E-state index contributed by atoms with van der Waals surface area (Å²) in [6.45, 7) is 2.13. The Balaban J connectivity index is 1.27. The molecular formula is C21H27FN4O2. The molecule has 7 heteroatoms. The summed E-state index contributed by atoms with van der Waals surface area (Å²) in [6, 6.07) is 6.56. The highest BCUT2D eigenvalue weighted by Gasteiger charge is 2.27. The van der Waals surface area contributed by atoms with Crippen LogP contribution in [0.25, 0.3) is 11.4 Å². The zero-order chi connectivity index (χ0) is 19.3. The van der Waals surface area contributed by atoms with Gasteiger partial charge in [0.1, 0.15) is 5.82 Å². The molecule has 1 saturated carbocycles. The third-order valence-corrected chi connectivity index (χ3v) is 5.80. The van der Waals surface area contributed by atoms with E-state index in [1.165, 1.54) is 31.4 Å². The average molecular weight is 386 g/mol. The first kappa shape index (κ1) is 19.1. The van der Waals surface area contributed by atoms with Crippen LogP contribution < -0.4 is 5.32 Å². The molecule has 4 rings (SSSR count). The minimum Gasteiger partial charge on any atom is -0.352 e. The van der Waals surface area contributed by atoms with Gasteiger partial charge in [0.2, 0.25) is 17.6 Å². The highest BCUT2D eigenvalue weighted by Crippen LogP contribution is 2.28. The molecule has 2 heterocycles. The van der Waals surface area contributed by atoms with Gasteiger partial charge in [0.15, 0.2) is 0 Å². The molecule has 1 aliphatic carbocycles. The van der Waals surface area contributed by atoms with E-state index in [-0.39, 0.29) is 17.6 Å². The van der Waals surface area contributed by atoms with Crippen molar-refractivity contribution in [3.8, 4) is 11.4 Å². The lowest BCUT2D eigenvalue weighted by atomic mass is 9.95. The first-order valence-corrected chi connectivity index (χ1v) is 10.3. The van der Waals surface area contributed by atoms with Gasteiger partial charge in [0, 0.05) is 17.5 Å². The molecule has 1 aromatic carbocycles. The van der Waals surface area contributed by atoms with Crippen molar-refractivity contribution in [3.05, 3.63) is 36.0 Å². The molecule has 2 aromatic rings. The van der Waals surface area contributed by atoms with Crippen LogP contribution in [0.3, 0.4) is 0 Å². The molecule has 6 nitrogen and oxygen atoms in total. The monoisotopic (exact) mass is 386 g/mol. The fourth-order valence-corrected chi connectivity index (χ4v) is 4.21. The quantitative estimate of drug-likeness (QED) is 0.852. The van der Waals surface area contributed by atoms with E-state index in [0.29, 0.717) is 29.9 Å². The first-order valence-electron chi connectivity index (χ1n) is 10.3.